The van der Waals surface area contributed by atoms with Crippen LogP contribution in [0, 0.1) is 10.1 Å². The number of aromatic nitrogens is 1. The molecular formula is C10H14N4O4S. The summed E-state index contributed by atoms with van der Waals surface area (Å²) in [6.45, 7) is 3.32. The molecule has 0 radical (unpaired) electrons. The van der Waals surface area contributed by atoms with Gasteiger partial charge in [-0.2, -0.15) is 4.31 Å². The number of nitrogens with one attached hydrogen (secondary N) is 1. The summed E-state index contributed by atoms with van der Waals surface area (Å²) in [5, 5.41) is 13.4. The topological polar surface area (TPSA) is 105 Å². The minimum Gasteiger partial charge on any atom is -0.314 e. The van der Waals surface area contributed by atoms with Gasteiger partial charge in [0.1, 0.15) is 6.20 Å². The van der Waals surface area contributed by atoms with E-state index < -0.39 is 14.9 Å². The molecule has 1 aliphatic rings. The van der Waals surface area contributed by atoms with Crippen LogP contribution in [0.2, 0.25) is 0 Å². The maximum Gasteiger partial charge on any atom is 0.287 e. The van der Waals surface area contributed by atoms with Crippen molar-refractivity contribution in [3.05, 3.63) is 28.4 Å². The molecule has 2 heterocycles. The van der Waals surface area contributed by atoms with Crippen LogP contribution in [0.4, 0.5) is 5.69 Å². The van der Waals surface area contributed by atoms with Crippen LogP contribution >= 0.6 is 0 Å². The molecule has 1 N–H and O–H groups in total. The van der Waals surface area contributed by atoms with Crippen molar-refractivity contribution in [2.75, 3.05) is 19.6 Å². The summed E-state index contributed by atoms with van der Waals surface area (Å²) >= 11 is 0. The van der Waals surface area contributed by atoms with Crippen molar-refractivity contribution in [1.82, 2.24) is 14.6 Å². The third-order valence-electron chi connectivity index (χ3n) is 2.94. The minimum absolute atomic E-state index is 0.160. The van der Waals surface area contributed by atoms with E-state index in [0.29, 0.717) is 19.6 Å². The molecule has 0 amide bonds. The Morgan fingerprint density at radius 2 is 2.26 bits per heavy atom. The molecule has 1 fully saturated rings. The van der Waals surface area contributed by atoms with Gasteiger partial charge >= 0.3 is 0 Å². The molecule has 19 heavy (non-hydrogen) atoms. The quantitative estimate of drug-likeness (QED) is 0.618. The average molecular weight is 286 g/mol. The summed E-state index contributed by atoms with van der Waals surface area (Å²) < 4.78 is 26.0. The van der Waals surface area contributed by atoms with E-state index in [1.807, 2.05) is 0 Å². The van der Waals surface area contributed by atoms with Crippen LogP contribution in [-0.4, -0.2) is 48.3 Å². The van der Waals surface area contributed by atoms with Crippen molar-refractivity contribution in [3.8, 4) is 0 Å². The lowest BCUT2D eigenvalue weighted by molar-refractivity contribution is -0.385. The van der Waals surface area contributed by atoms with Gasteiger partial charge < -0.3 is 5.32 Å². The Labute approximate surface area is 110 Å². The highest BCUT2D eigenvalue weighted by molar-refractivity contribution is 7.89. The molecule has 0 saturated carbocycles. The van der Waals surface area contributed by atoms with E-state index in [0.717, 1.165) is 12.3 Å². The van der Waals surface area contributed by atoms with E-state index in [1.54, 1.807) is 6.92 Å². The fraction of sp³-hybridized carbons (Fsp3) is 0.500. The lowest BCUT2D eigenvalue weighted by atomic mass is 10.3. The van der Waals surface area contributed by atoms with Crippen LogP contribution < -0.4 is 5.32 Å². The molecule has 1 aromatic rings. The molecule has 1 aromatic heterocycles. The molecule has 0 aliphatic carbocycles. The van der Waals surface area contributed by atoms with E-state index in [1.165, 1.54) is 10.4 Å². The van der Waals surface area contributed by atoms with Gasteiger partial charge in [0.2, 0.25) is 0 Å². The zero-order chi connectivity index (χ0) is 14.0. The lowest BCUT2D eigenvalue weighted by Gasteiger charge is -2.32. The van der Waals surface area contributed by atoms with Crippen molar-refractivity contribution in [2.45, 2.75) is 18.0 Å². The molecule has 8 nitrogen and oxygen atoms in total. The number of pyridine rings is 1. The zero-order valence-electron chi connectivity index (χ0n) is 10.3. The molecule has 1 saturated heterocycles. The van der Waals surface area contributed by atoms with Gasteiger partial charge in [-0.25, -0.2) is 13.4 Å². The van der Waals surface area contributed by atoms with E-state index >= 15 is 0 Å². The van der Waals surface area contributed by atoms with Gasteiger partial charge in [0.15, 0.2) is 5.03 Å². The van der Waals surface area contributed by atoms with Crippen molar-refractivity contribution in [1.29, 1.82) is 0 Å². The van der Waals surface area contributed by atoms with Gasteiger partial charge in [-0.3, -0.25) is 10.1 Å². The Balaban J connectivity index is 2.30. The van der Waals surface area contributed by atoms with Gasteiger partial charge in [-0.15, -0.1) is 0 Å². The maximum absolute atomic E-state index is 12.3. The van der Waals surface area contributed by atoms with Gasteiger partial charge in [-0.05, 0) is 13.0 Å². The first kappa shape index (κ1) is 13.8. The number of nitrogens with zero attached hydrogens (tertiary/aromatic N) is 3. The number of piperazine rings is 1. The molecule has 1 atom stereocenters. The average Bonchev–Trinajstić information content (AvgIpc) is 2.39. The molecule has 1 aliphatic heterocycles. The Morgan fingerprint density at radius 3 is 2.79 bits per heavy atom. The Hall–Kier alpha value is -1.58. The summed E-state index contributed by atoms with van der Waals surface area (Å²) in [5.74, 6) is 0. The van der Waals surface area contributed by atoms with E-state index in [9.17, 15) is 18.5 Å². The molecule has 0 unspecified atom stereocenters. The fourth-order valence-corrected chi connectivity index (χ4v) is 3.48. The monoisotopic (exact) mass is 286 g/mol. The number of nitro groups is 1. The first-order chi connectivity index (χ1) is 8.93. The van der Waals surface area contributed by atoms with Crippen LogP contribution in [0.15, 0.2) is 23.4 Å². The second kappa shape index (κ2) is 5.19. The normalized spacial score (nSPS) is 21.2. The fourth-order valence-electron chi connectivity index (χ4n) is 1.93. The maximum atomic E-state index is 12.3. The highest BCUT2D eigenvalue weighted by Gasteiger charge is 2.32. The first-order valence-corrected chi connectivity index (χ1v) is 7.20. The van der Waals surface area contributed by atoms with E-state index in [-0.39, 0.29) is 16.8 Å². The molecule has 2 rings (SSSR count). The molecule has 9 heteroatoms. The second-order valence-electron chi connectivity index (χ2n) is 4.28. The molecule has 0 bridgehead atoms. The third-order valence-corrected chi connectivity index (χ3v) is 4.87. The molecule has 0 spiro atoms. The van der Waals surface area contributed by atoms with Crippen LogP contribution in [0.1, 0.15) is 6.92 Å². The number of rotatable bonds is 3. The van der Waals surface area contributed by atoms with Gasteiger partial charge in [0.05, 0.1) is 4.92 Å². The van der Waals surface area contributed by atoms with E-state index in [4.69, 9.17) is 0 Å². The SMILES string of the molecule is C[C@@H]1CNCCN1S(=O)(=O)c1ccc([N+](=O)[O-])cn1. The Morgan fingerprint density at radius 1 is 1.53 bits per heavy atom. The first-order valence-electron chi connectivity index (χ1n) is 5.76. The van der Waals surface area contributed by atoms with Gasteiger partial charge in [0, 0.05) is 31.7 Å². The standard InChI is InChI=1S/C10H14N4O4S/c1-8-6-11-4-5-13(8)19(17,18)10-3-2-9(7-12-10)14(15)16/h2-3,7-8,11H,4-6H2,1H3/t8-/m1/s1. The van der Waals surface area contributed by atoms with Crippen molar-refractivity contribution < 1.29 is 13.3 Å². The number of hydrogen-bond donors (Lipinski definition) is 1. The van der Waals surface area contributed by atoms with Crippen LogP contribution in [0.3, 0.4) is 0 Å². The summed E-state index contributed by atoms with van der Waals surface area (Å²) in [4.78, 5) is 13.6. The number of sulfonamides is 1. The molecule has 0 aromatic carbocycles. The summed E-state index contributed by atoms with van der Waals surface area (Å²) in [5.41, 5.74) is -0.229. The summed E-state index contributed by atoms with van der Waals surface area (Å²) in [6.07, 6.45) is 0.958. The van der Waals surface area contributed by atoms with E-state index in [2.05, 4.69) is 10.3 Å². The van der Waals surface area contributed by atoms with Crippen LogP contribution in [0.25, 0.3) is 0 Å². The predicted octanol–water partition coefficient (Wildman–Crippen LogP) is -0.0278. The zero-order valence-corrected chi connectivity index (χ0v) is 11.1. The van der Waals surface area contributed by atoms with Crippen molar-refractivity contribution >= 4 is 15.7 Å². The third kappa shape index (κ3) is 2.72. The van der Waals surface area contributed by atoms with Crippen molar-refractivity contribution in [3.63, 3.8) is 0 Å². The van der Waals surface area contributed by atoms with Crippen molar-refractivity contribution in [2.24, 2.45) is 0 Å². The molecule has 104 valence electrons. The second-order valence-corrected chi connectivity index (χ2v) is 6.12. The minimum atomic E-state index is -3.69. The van der Waals surface area contributed by atoms with Crippen LogP contribution in [0.5, 0.6) is 0 Å². The Kier molecular flexibility index (Phi) is 3.78. The van der Waals surface area contributed by atoms with Gasteiger partial charge in [0.25, 0.3) is 15.7 Å². The van der Waals surface area contributed by atoms with Crippen LogP contribution in [-0.2, 0) is 10.0 Å². The summed E-state index contributed by atoms with van der Waals surface area (Å²) in [6, 6.07) is 2.14. The highest BCUT2D eigenvalue weighted by atomic mass is 32.2. The molecular weight excluding hydrogens is 272 g/mol. The Bertz CT molecular complexity index is 572. The largest absolute Gasteiger partial charge is 0.314 e. The number of hydrogen-bond acceptors (Lipinski definition) is 6. The highest BCUT2D eigenvalue weighted by Crippen LogP contribution is 2.19. The lowest BCUT2D eigenvalue weighted by Crippen LogP contribution is -2.52. The summed E-state index contributed by atoms with van der Waals surface area (Å²) in [7, 11) is -3.69. The van der Waals surface area contributed by atoms with Gasteiger partial charge in [-0.1, -0.05) is 0 Å². The smallest absolute Gasteiger partial charge is 0.287 e. The predicted molar refractivity (Wildman–Crippen MR) is 67.1 cm³/mol.